The van der Waals surface area contributed by atoms with Crippen LogP contribution in [-0.2, 0) is 0 Å². The topological polar surface area (TPSA) is 74.5 Å². The zero-order valence-electron chi connectivity index (χ0n) is 18.0. The van der Waals surface area contributed by atoms with E-state index in [2.05, 4.69) is 38.6 Å². The van der Waals surface area contributed by atoms with Crippen molar-refractivity contribution in [3.8, 4) is 34.1 Å². The molecule has 7 heteroatoms. The van der Waals surface area contributed by atoms with E-state index in [0.29, 0.717) is 26.9 Å². The van der Waals surface area contributed by atoms with Crippen LogP contribution in [0.25, 0.3) is 39.0 Å². The Morgan fingerprint density at radius 1 is 1.00 bits per heavy atom. The number of benzene rings is 3. The average molecular weight is 572 g/mol. The van der Waals surface area contributed by atoms with Gasteiger partial charge >= 0.3 is 0 Å². The zero-order chi connectivity index (χ0) is 23.8. The van der Waals surface area contributed by atoms with Crippen LogP contribution in [0.15, 0.2) is 83.7 Å². The van der Waals surface area contributed by atoms with E-state index in [9.17, 15) is 10.1 Å². The minimum Gasteiger partial charge on any atom is -0.345 e. The molecule has 1 N–H and O–H groups in total. The third-order valence-corrected chi connectivity index (χ3v) is 6.64. The predicted octanol–water partition coefficient (Wildman–Crippen LogP) is 6.56. The van der Waals surface area contributed by atoms with Gasteiger partial charge in [0.2, 0.25) is 0 Å². The van der Waals surface area contributed by atoms with Gasteiger partial charge in [0.25, 0.3) is 5.56 Å². The number of nitriles is 1. The Bertz CT molecular complexity index is 1720. The third-order valence-electron chi connectivity index (χ3n) is 5.66. The van der Waals surface area contributed by atoms with Crippen molar-refractivity contribution in [2.45, 2.75) is 6.92 Å². The standard InChI is InChI=1S/C27H17IN4OS/c1-16-30-24-12-9-19(28)13-22(24)27(33)32(16)20-10-7-18(8-11-20)25-14-21(17-5-3-2-4-6-17)23(15-29)26(34)31-25/h2-14H,1H3,(H,31,34). The molecule has 3 aromatic carbocycles. The van der Waals surface area contributed by atoms with Gasteiger partial charge in [-0.15, -0.1) is 0 Å². The number of rotatable bonds is 3. The van der Waals surface area contributed by atoms with E-state index in [1.54, 1.807) is 4.57 Å². The number of hydrogen-bond donors (Lipinski definition) is 1. The molecule has 0 atom stereocenters. The monoisotopic (exact) mass is 572 g/mol. The van der Waals surface area contributed by atoms with E-state index in [-0.39, 0.29) is 5.56 Å². The van der Waals surface area contributed by atoms with Gasteiger partial charge in [0, 0.05) is 14.8 Å². The normalized spacial score (nSPS) is 10.9. The number of pyridine rings is 1. The van der Waals surface area contributed by atoms with Crippen LogP contribution in [0, 0.1) is 26.5 Å². The number of nitrogens with zero attached hydrogens (tertiary/aromatic N) is 3. The summed E-state index contributed by atoms with van der Waals surface area (Å²) < 4.78 is 3.00. The molecular weight excluding hydrogens is 555 g/mol. The fourth-order valence-electron chi connectivity index (χ4n) is 4.03. The summed E-state index contributed by atoms with van der Waals surface area (Å²) in [6, 6.07) is 27.2. The molecule has 0 radical (unpaired) electrons. The van der Waals surface area contributed by atoms with Gasteiger partial charge in [-0.1, -0.05) is 54.7 Å². The SMILES string of the molecule is Cc1nc2ccc(I)cc2c(=O)n1-c1ccc(-c2cc(-c3ccccc3)c(C#N)c(=S)[nH]2)cc1. The summed E-state index contributed by atoms with van der Waals surface area (Å²) in [4.78, 5) is 21.0. The molecule has 5 nitrogen and oxygen atoms in total. The molecule has 164 valence electrons. The van der Waals surface area contributed by atoms with Crippen molar-refractivity contribution in [1.82, 2.24) is 14.5 Å². The third kappa shape index (κ3) is 3.95. The maximum absolute atomic E-state index is 13.2. The molecule has 2 heterocycles. The number of nitrogens with one attached hydrogen (secondary N) is 1. The summed E-state index contributed by atoms with van der Waals surface area (Å²) in [5.41, 5.74) is 5.17. The van der Waals surface area contributed by atoms with E-state index < -0.39 is 0 Å². The van der Waals surface area contributed by atoms with Gasteiger partial charge in [-0.3, -0.25) is 9.36 Å². The largest absolute Gasteiger partial charge is 0.345 e. The van der Waals surface area contributed by atoms with Crippen LogP contribution in [0.5, 0.6) is 0 Å². The van der Waals surface area contributed by atoms with Crippen LogP contribution >= 0.6 is 34.8 Å². The fourth-order valence-corrected chi connectivity index (χ4v) is 4.79. The van der Waals surface area contributed by atoms with Crippen molar-refractivity contribution >= 4 is 45.7 Å². The van der Waals surface area contributed by atoms with E-state index in [1.807, 2.05) is 85.8 Å². The second kappa shape index (κ2) is 8.97. The molecule has 0 amide bonds. The first-order valence-electron chi connectivity index (χ1n) is 10.5. The summed E-state index contributed by atoms with van der Waals surface area (Å²) in [5.74, 6) is 0.621. The number of H-pyrrole nitrogens is 1. The first-order valence-corrected chi connectivity index (χ1v) is 12.0. The molecule has 0 saturated carbocycles. The Kier molecular flexibility index (Phi) is 5.86. The molecule has 0 aliphatic rings. The fraction of sp³-hybridized carbons (Fsp3) is 0.0370. The van der Waals surface area contributed by atoms with Crippen LogP contribution < -0.4 is 5.56 Å². The highest BCUT2D eigenvalue weighted by Crippen LogP contribution is 2.29. The van der Waals surface area contributed by atoms with Gasteiger partial charge in [-0.25, -0.2) is 4.98 Å². The second-order valence-corrected chi connectivity index (χ2v) is 9.44. The van der Waals surface area contributed by atoms with Crippen molar-refractivity contribution < 1.29 is 0 Å². The van der Waals surface area contributed by atoms with Gasteiger partial charge < -0.3 is 4.98 Å². The van der Waals surface area contributed by atoms with Crippen LogP contribution in [0.4, 0.5) is 0 Å². The quantitative estimate of drug-likeness (QED) is 0.196. The second-order valence-electron chi connectivity index (χ2n) is 7.79. The van der Waals surface area contributed by atoms with Crippen LogP contribution in [0.2, 0.25) is 0 Å². The molecule has 0 unspecified atom stereocenters. The summed E-state index contributed by atoms with van der Waals surface area (Å²) in [7, 11) is 0. The minimum atomic E-state index is -0.0992. The van der Waals surface area contributed by atoms with Gasteiger partial charge in [0.05, 0.1) is 22.2 Å². The van der Waals surface area contributed by atoms with Crippen molar-refractivity contribution in [2.75, 3.05) is 0 Å². The molecule has 0 spiro atoms. The van der Waals surface area contributed by atoms with Crippen molar-refractivity contribution in [2.24, 2.45) is 0 Å². The van der Waals surface area contributed by atoms with E-state index >= 15 is 0 Å². The highest BCUT2D eigenvalue weighted by atomic mass is 127. The smallest absolute Gasteiger partial charge is 0.265 e. The molecular formula is C27H17IN4OS. The number of aromatic amines is 1. The Hall–Kier alpha value is -3.61. The zero-order valence-corrected chi connectivity index (χ0v) is 21.0. The van der Waals surface area contributed by atoms with E-state index in [4.69, 9.17) is 12.2 Å². The number of aromatic nitrogens is 3. The minimum absolute atomic E-state index is 0.0992. The number of hydrogen-bond acceptors (Lipinski definition) is 4. The Labute approximate surface area is 214 Å². The molecule has 0 saturated heterocycles. The Balaban J connectivity index is 1.62. The average Bonchev–Trinajstić information content (AvgIpc) is 2.85. The lowest BCUT2D eigenvalue weighted by molar-refractivity contribution is 0.895. The van der Waals surface area contributed by atoms with Crippen molar-refractivity contribution in [1.29, 1.82) is 5.26 Å². The lowest BCUT2D eigenvalue weighted by Crippen LogP contribution is -2.22. The maximum atomic E-state index is 13.2. The number of aryl methyl sites for hydroxylation is 1. The van der Waals surface area contributed by atoms with Crippen LogP contribution in [0.3, 0.4) is 0 Å². The molecule has 0 fully saturated rings. The Morgan fingerprint density at radius 2 is 1.74 bits per heavy atom. The van der Waals surface area contributed by atoms with Crippen LogP contribution in [0.1, 0.15) is 11.4 Å². The molecule has 0 bridgehead atoms. The van der Waals surface area contributed by atoms with Crippen LogP contribution in [-0.4, -0.2) is 14.5 Å². The highest BCUT2D eigenvalue weighted by molar-refractivity contribution is 14.1. The number of fused-ring (bicyclic) bond motifs is 1. The van der Waals surface area contributed by atoms with Gasteiger partial charge in [0.15, 0.2) is 0 Å². The van der Waals surface area contributed by atoms with E-state index in [0.717, 1.165) is 31.6 Å². The summed E-state index contributed by atoms with van der Waals surface area (Å²) in [6.45, 7) is 1.83. The van der Waals surface area contributed by atoms with Gasteiger partial charge in [0.1, 0.15) is 16.5 Å². The highest BCUT2D eigenvalue weighted by Gasteiger charge is 2.13. The van der Waals surface area contributed by atoms with Crippen molar-refractivity contribution in [3.63, 3.8) is 0 Å². The maximum Gasteiger partial charge on any atom is 0.265 e. The molecule has 2 aromatic heterocycles. The lowest BCUT2D eigenvalue weighted by atomic mass is 9.99. The first-order chi connectivity index (χ1) is 16.5. The summed E-state index contributed by atoms with van der Waals surface area (Å²) >= 11 is 7.68. The predicted molar refractivity (Wildman–Crippen MR) is 146 cm³/mol. The molecule has 5 rings (SSSR count). The summed E-state index contributed by atoms with van der Waals surface area (Å²) in [5, 5.41) is 10.2. The van der Waals surface area contributed by atoms with Crippen molar-refractivity contribution in [3.05, 3.63) is 109 Å². The molecule has 5 aromatic rings. The molecule has 34 heavy (non-hydrogen) atoms. The first kappa shape index (κ1) is 22.2. The Morgan fingerprint density at radius 3 is 2.44 bits per heavy atom. The van der Waals surface area contributed by atoms with Gasteiger partial charge in [-0.2, -0.15) is 5.26 Å². The lowest BCUT2D eigenvalue weighted by Gasteiger charge is -2.13. The number of halogens is 1. The van der Waals surface area contributed by atoms with Gasteiger partial charge in [-0.05, 0) is 77.0 Å². The summed E-state index contributed by atoms with van der Waals surface area (Å²) in [6.07, 6.45) is 0. The molecule has 0 aliphatic carbocycles. The molecule has 0 aliphatic heterocycles. The van der Waals surface area contributed by atoms with E-state index in [1.165, 1.54) is 0 Å².